The van der Waals surface area contributed by atoms with Crippen LogP contribution >= 0.6 is 12.1 Å². The molecule has 0 N–H and O–H groups in total. The molecule has 0 saturated heterocycles. The molecule has 0 spiro atoms. The van der Waals surface area contributed by atoms with Crippen LogP contribution in [0.25, 0.3) is 0 Å². The van der Waals surface area contributed by atoms with Gasteiger partial charge in [0.1, 0.15) is 3.77 Å². The second-order valence-electron chi connectivity index (χ2n) is 1.77. The van der Waals surface area contributed by atoms with Crippen molar-refractivity contribution in [3.63, 3.8) is 0 Å². The van der Waals surface area contributed by atoms with E-state index in [0.29, 0.717) is 5.96 Å². The van der Waals surface area contributed by atoms with Crippen LogP contribution in [0.3, 0.4) is 0 Å². The normalized spacial score (nSPS) is 21.1. The van der Waals surface area contributed by atoms with Crippen molar-refractivity contribution in [3.8, 4) is 0 Å². The Hall–Kier alpha value is -0.340. The first-order chi connectivity index (χ1) is 5.30. The molecule has 1 rings (SSSR count). The molecular weight excluding hydrogens is 202 g/mol. The van der Waals surface area contributed by atoms with Gasteiger partial charge in [-0.25, -0.2) is 0 Å². The molecule has 0 aliphatic carbocycles. The smallest absolute Gasteiger partial charge is 0.342 e. The van der Waals surface area contributed by atoms with Crippen LogP contribution in [0.4, 0.5) is 0 Å². The fourth-order valence-electron chi connectivity index (χ4n) is 0.330. The summed E-state index contributed by atoms with van der Waals surface area (Å²) in [5.41, 5.74) is 0. The zero-order valence-electron chi connectivity index (χ0n) is 5.96. The minimum Gasteiger partial charge on any atom is -0.342 e. The van der Waals surface area contributed by atoms with Crippen molar-refractivity contribution in [1.82, 2.24) is 4.90 Å². The van der Waals surface area contributed by atoms with Gasteiger partial charge in [0.05, 0.1) is 15.8 Å². The summed E-state index contributed by atoms with van der Waals surface area (Å²) in [5, 5.41) is 0. The molecule has 0 aromatic carbocycles. The molecule has 0 atom stereocenters. The molecule has 0 fully saturated rings. The van der Waals surface area contributed by atoms with Crippen LogP contribution in [0.15, 0.2) is 16.3 Å². The third-order valence-corrected chi connectivity index (χ3v) is 2.33. The molecule has 1 aliphatic heterocycles. The largest absolute Gasteiger partial charge is 0.520 e. The Bertz CT molecular complexity index is 250. The van der Waals surface area contributed by atoms with Gasteiger partial charge in [-0.3, -0.25) is 0 Å². The SMILES string of the molecule is CN(C)/C1=N/[S+]=NSN=S=N1. The summed E-state index contributed by atoms with van der Waals surface area (Å²) >= 11 is 3.30. The average Bonchev–Trinajstić information content (AvgIpc) is 1.84. The third-order valence-electron chi connectivity index (χ3n) is 0.778. The van der Waals surface area contributed by atoms with Crippen molar-refractivity contribution in [2.45, 2.75) is 0 Å². The first kappa shape index (κ1) is 8.75. The summed E-state index contributed by atoms with van der Waals surface area (Å²) in [6.45, 7) is 0. The fourth-order valence-corrected chi connectivity index (χ4v) is 1.79. The van der Waals surface area contributed by atoms with Crippen molar-refractivity contribution >= 4 is 41.2 Å². The highest BCUT2D eigenvalue weighted by atomic mass is 32.2. The number of hydrogen-bond acceptors (Lipinski definition) is 6. The predicted octanol–water partition coefficient (Wildman–Crippen LogP) is 1.11. The molecule has 8 heteroatoms. The Labute approximate surface area is 76.7 Å². The van der Waals surface area contributed by atoms with E-state index in [9.17, 15) is 0 Å². The molecule has 60 valence electrons. The Morgan fingerprint density at radius 3 is 3.00 bits per heavy atom. The fraction of sp³-hybridized carbons (Fsp3) is 0.667. The van der Waals surface area contributed by atoms with Crippen molar-refractivity contribution < 1.29 is 0 Å². The lowest BCUT2D eigenvalue weighted by Crippen LogP contribution is -2.19. The number of rotatable bonds is 0. The molecule has 5 nitrogen and oxygen atoms in total. The highest BCUT2D eigenvalue weighted by Gasteiger charge is 2.06. The molecule has 0 aromatic heterocycles. The first-order valence-corrected chi connectivity index (χ1v) is 4.85. The number of guanidine groups is 1. The van der Waals surface area contributed by atoms with Crippen molar-refractivity contribution in [3.05, 3.63) is 0 Å². The highest BCUT2D eigenvalue weighted by molar-refractivity contribution is 8.03. The lowest BCUT2D eigenvalue weighted by Gasteiger charge is -2.03. The Balaban J connectivity index is 2.84. The van der Waals surface area contributed by atoms with E-state index in [0.717, 1.165) is 35.2 Å². The maximum absolute atomic E-state index is 4.01. The molecule has 0 amide bonds. The van der Waals surface area contributed by atoms with Crippen molar-refractivity contribution in [2.75, 3.05) is 14.1 Å². The van der Waals surface area contributed by atoms with Gasteiger partial charge in [0.25, 0.3) is 5.96 Å². The predicted molar refractivity (Wildman–Crippen MR) is 50.7 cm³/mol. The topological polar surface area (TPSA) is 52.7 Å². The summed E-state index contributed by atoms with van der Waals surface area (Å²) < 4.78 is 15.7. The van der Waals surface area contributed by atoms with E-state index in [1.807, 2.05) is 14.1 Å². The zero-order valence-corrected chi connectivity index (χ0v) is 8.41. The number of hydrogen-bond donors (Lipinski definition) is 0. The van der Waals surface area contributed by atoms with Crippen molar-refractivity contribution in [1.29, 1.82) is 0 Å². The van der Waals surface area contributed by atoms with Crippen LogP contribution in [-0.4, -0.2) is 25.0 Å². The van der Waals surface area contributed by atoms with Gasteiger partial charge in [0, 0.05) is 14.1 Å². The van der Waals surface area contributed by atoms with Gasteiger partial charge in [0.2, 0.25) is 0 Å². The minimum atomic E-state index is 0.632. The van der Waals surface area contributed by atoms with E-state index in [1.165, 1.54) is 0 Å². The summed E-state index contributed by atoms with van der Waals surface area (Å²) in [6, 6.07) is 0. The van der Waals surface area contributed by atoms with Gasteiger partial charge in [-0.1, -0.05) is 0 Å². The van der Waals surface area contributed by atoms with Crippen LogP contribution < -0.4 is 0 Å². The Morgan fingerprint density at radius 2 is 2.27 bits per heavy atom. The lowest BCUT2D eigenvalue weighted by molar-refractivity contribution is 0.618. The number of nitrogens with zero attached hydrogens (tertiary/aromatic N) is 5. The van der Waals surface area contributed by atoms with Gasteiger partial charge in [-0.05, 0) is 0 Å². The molecule has 0 bridgehead atoms. The van der Waals surface area contributed by atoms with Gasteiger partial charge in [-0.2, -0.15) is 0 Å². The van der Waals surface area contributed by atoms with Crippen molar-refractivity contribution in [2.24, 2.45) is 16.3 Å². The molecule has 1 aliphatic rings. The molecule has 11 heavy (non-hydrogen) atoms. The molecule has 0 unspecified atom stereocenters. The van der Waals surface area contributed by atoms with E-state index >= 15 is 0 Å². The van der Waals surface area contributed by atoms with Crippen LogP contribution in [0.2, 0.25) is 0 Å². The zero-order chi connectivity index (χ0) is 8.10. The standard InChI is InChI=1S/C3H6N5S3/c1-8(2)3-4-9-6-11-7-10-5-3/h1-2H3/q+1/b4-3+. The summed E-state index contributed by atoms with van der Waals surface area (Å²) in [6.07, 6.45) is 0. The van der Waals surface area contributed by atoms with Crippen LogP contribution in [0.1, 0.15) is 0 Å². The minimum absolute atomic E-state index is 0.632. The average molecular weight is 208 g/mol. The monoisotopic (exact) mass is 208 g/mol. The third kappa shape index (κ3) is 3.04. The quantitative estimate of drug-likeness (QED) is 0.442. The Kier molecular flexibility index (Phi) is 3.60. The van der Waals surface area contributed by atoms with E-state index < -0.39 is 0 Å². The molecule has 0 saturated carbocycles. The molecular formula is C3H6N5S3+. The van der Waals surface area contributed by atoms with Gasteiger partial charge >= 0.3 is 11.7 Å². The van der Waals surface area contributed by atoms with Crippen LogP contribution in [0.5, 0.6) is 0 Å². The molecule has 0 radical (unpaired) electrons. The van der Waals surface area contributed by atoms with Gasteiger partial charge in [-0.15, -0.1) is 8.13 Å². The maximum atomic E-state index is 4.01. The Morgan fingerprint density at radius 1 is 1.45 bits per heavy atom. The van der Waals surface area contributed by atoms with Crippen LogP contribution in [0, 0.1) is 0 Å². The highest BCUT2D eigenvalue weighted by Crippen LogP contribution is 2.04. The maximum Gasteiger partial charge on any atom is 0.520 e. The lowest BCUT2D eigenvalue weighted by atomic mass is 10.8. The summed E-state index contributed by atoms with van der Waals surface area (Å²) in [4.78, 5) is 1.81. The molecule has 1 heterocycles. The van der Waals surface area contributed by atoms with Gasteiger partial charge < -0.3 is 4.90 Å². The van der Waals surface area contributed by atoms with E-state index in [4.69, 9.17) is 0 Å². The molecule has 0 aromatic rings. The summed E-state index contributed by atoms with van der Waals surface area (Å²) in [7, 11) is 3.75. The second-order valence-corrected chi connectivity index (χ2v) is 3.82. The van der Waals surface area contributed by atoms with E-state index in [1.54, 1.807) is 4.90 Å². The summed E-state index contributed by atoms with van der Waals surface area (Å²) in [5.74, 6) is 0.632. The van der Waals surface area contributed by atoms with Crippen LogP contribution in [-0.2, 0) is 23.1 Å². The second kappa shape index (κ2) is 4.52. The van der Waals surface area contributed by atoms with E-state index in [-0.39, 0.29) is 0 Å². The first-order valence-electron chi connectivity index (χ1n) is 2.66. The van der Waals surface area contributed by atoms with E-state index in [2.05, 4.69) is 16.3 Å². The van der Waals surface area contributed by atoms with Gasteiger partial charge in [0.15, 0.2) is 12.1 Å².